The van der Waals surface area contributed by atoms with Gasteiger partial charge in [-0.3, -0.25) is 0 Å². The van der Waals surface area contributed by atoms with E-state index < -0.39 is 6.17 Å². The molecule has 1 nitrogen and oxygen atoms in total. The lowest BCUT2D eigenvalue weighted by Gasteiger charge is -2.41. The molecule has 3 aliphatic carbocycles. The second-order valence-electron chi connectivity index (χ2n) is 4.04. The fraction of sp³-hybridized carbons (Fsp3) is 1.00. The molecule has 2 heteroatoms. The van der Waals surface area contributed by atoms with Crippen LogP contribution in [0.25, 0.3) is 0 Å². The zero-order chi connectivity index (χ0) is 7.35. The topological polar surface area (TPSA) is 26.0 Å². The summed E-state index contributed by atoms with van der Waals surface area (Å²) >= 11 is 0. The van der Waals surface area contributed by atoms with E-state index in [1.807, 2.05) is 6.92 Å². The van der Waals surface area contributed by atoms with Crippen LogP contribution in [0, 0.1) is 11.3 Å². The maximum atomic E-state index is 12.9. The molecule has 10 heavy (non-hydrogen) atoms. The average Bonchev–Trinajstić information content (AvgIpc) is 2.16. The number of halogens is 1. The van der Waals surface area contributed by atoms with Gasteiger partial charge in [-0.05, 0) is 37.5 Å². The van der Waals surface area contributed by atoms with E-state index in [1.54, 1.807) is 0 Å². The SMILES string of the molecule is CC(N)C12CC(F)C(C1)C2. The van der Waals surface area contributed by atoms with E-state index >= 15 is 0 Å². The van der Waals surface area contributed by atoms with E-state index in [9.17, 15) is 4.39 Å². The van der Waals surface area contributed by atoms with E-state index in [0.29, 0.717) is 5.92 Å². The van der Waals surface area contributed by atoms with Gasteiger partial charge in [0.25, 0.3) is 0 Å². The predicted octanol–water partition coefficient (Wildman–Crippen LogP) is 1.47. The van der Waals surface area contributed by atoms with E-state index in [-0.39, 0.29) is 11.5 Å². The minimum Gasteiger partial charge on any atom is -0.327 e. The highest BCUT2D eigenvalue weighted by atomic mass is 19.1. The molecule has 2 bridgehead atoms. The summed E-state index contributed by atoms with van der Waals surface area (Å²) in [5.41, 5.74) is 5.98. The third kappa shape index (κ3) is 0.605. The summed E-state index contributed by atoms with van der Waals surface area (Å²) in [6, 6.07) is 0.199. The van der Waals surface area contributed by atoms with Gasteiger partial charge in [0.2, 0.25) is 0 Å². The van der Waals surface area contributed by atoms with E-state index in [4.69, 9.17) is 5.73 Å². The maximum Gasteiger partial charge on any atom is 0.104 e. The standard InChI is InChI=1S/C8H14FN/c1-5(10)8-2-6(3-8)7(9)4-8/h5-7H,2-4,10H2,1H3. The lowest BCUT2D eigenvalue weighted by molar-refractivity contribution is 0.107. The van der Waals surface area contributed by atoms with Gasteiger partial charge in [-0.15, -0.1) is 0 Å². The molecule has 2 N–H and O–H groups in total. The van der Waals surface area contributed by atoms with Crippen molar-refractivity contribution >= 4 is 0 Å². The van der Waals surface area contributed by atoms with Crippen LogP contribution in [0.1, 0.15) is 26.2 Å². The lowest BCUT2D eigenvalue weighted by Crippen LogP contribution is -2.43. The number of rotatable bonds is 1. The molecule has 3 fully saturated rings. The summed E-state index contributed by atoms with van der Waals surface area (Å²) in [5, 5.41) is 0. The second kappa shape index (κ2) is 1.73. The molecular formula is C8H14FN. The quantitative estimate of drug-likeness (QED) is 0.591. The molecule has 3 aliphatic rings. The first-order valence-corrected chi connectivity index (χ1v) is 4.04. The van der Waals surface area contributed by atoms with Gasteiger partial charge in [-0.1, -0.05) is 0 Å². The van der Waals surface area contributed by atoms with Gasteiger partial charge < -0.3 is 5.73 Å². The highest BCUT2D eigenvalue weighted by Crippen LogP contribution is 2.61. The van der Waals surface area contributed by atoms with Crippen LogP contribution in [0.4, 0.5) is 4.39 Å². The van der Waals surface area contributed by atoms with E-state index in [0.717, 1.165) is 19.3 Å². The van der Waals surface area contributed by atoms with Crippen molar-refractivity contribution in [1.82, 2.24) is 0 Å². The molecule has 3 saturated carbocycles. The van der Waals surface area contributed by atoms with Gasteiger partial charge >= 0.3 is 0 Å². The summed E-state index contributed by atoms with van der Waals surface area (Å²) in [5.74, 6) is 0.367. The Bertz CT molecular complexity index is 149. The van der Waals surface area contributed by atoms with Gasteiger partial charge in [-0.25, -0.2) is 4.39 Å². The molecule has 0 radical (unpaired) electrons. The lowest BCUT2D eigenvalue weighted by atomic mass is 9.66. The Morgan fingerprint density at radius 1 is 1.50 bits per heavy atom. The van der Waals surface area contributed by atoms with Gasteiger partial charge in [0.15, 0.2) is 0 Å². The van der Waals surface area contributed by atoms with Gasteiger partial charge in [-0.2, -0.15) is 0 Å². The average molecular weight is 143 g/mol. The Labute approximate surface area is 60.8 Å². The smallest absolute Gasteiger partial charge is 0.104 e. The molecule has 2 unspecified atom stereocenters. The van der Waals surface area contributed by atoms with Crippen LogP contribution < -0.4 is 5.73 Å². The van der Waals surface area contributed by atoms with Gasteiger partial charge in [0.05, 0.1) is 0 Å². The Hall–Kier alpha value is -0.110. The monoisotopic (exact) mass is 143 g/mol. The predicted molar refractivity (Wildman–Crippen MR) is 38.3 cm³/mol. The molecule has 0 aliphatic heterocycles. The third-order valence-electron chi connectivity index (χ3n) is 3.42. The van der Waals surface area contributed by atoms with Crippen molar-refractivity contribution in [1.29, 1.82) is 0 Å². The van der Waals surface area contributed by atoms with Crippen LogP contribution in [0.3, 0.4) is 0 Å². The van der Waals surface area contributed by atoms with Gasteiger partial charge in [0, 0.05) is 6.04 Å². The molecule has 0 saturated heterocycles. The number of hydrogen-bond acceptors (Lipinski definition) is 1. The zero-order valence-corrected chi connectivity index (χ0v) is 6.31. The van der Waals surface area contributed by atoms with Crippen LogP contribution in [0.5, 0.6) is 0 Å². The number of fused-ring (bicyclic) bond motifs is 1. The van der Waals surface area contributed by atoms with Crippen molar-refractivity contribution in [3.63, 3.8) is 0 Å². The zero-order valence-electron chi connectivity index (χ0n) is 6.31. The van der Waals surface area contributed by atoms with Gasteiger partial charge in [0.1, 0.15) is 6.17 Å². The summed E-state index contributed by atoms with van der Waals surface area (Å²) < 4.78 is 12.9. The van der Waals surface area contributed by atoms with Crippen molar-refractivity contribution < 1.29 is 4.39 Å². The van der Waals surface area contributed by atoms with Crippen molar-refractivity contribution in [2.75, 3.05) is 0 Å². The molecule has 58 valence electrons. The largest absolute Gasteiger partial charge is 0.327 e. The number of nitrogens with two attached hydrogens (primary N) is 1. The first kappa shape index (κ1) is 6.59. The normalized spacial score (nSPS) is 54.3. The Morgan fingerprint density at radius 2 is 2.10 bits per heavy atom. The van der Waals surface area contributed by atoms with Crippen LogP contribution >= 0.6 is 0 Å². The first-order valence-electron chi connectivity index (χ1n) is 4.04. The molecule has 0 aromatic rings. The minimum atomic E-state index is -0.536. The van der Waals surface area contributed by atoms with Crippen LogP contribution in [-0.4, -0.2) is 12.2 Å². The van der Waals surface area contributed by atoms with Crippen molar-refractivity contribution in [3.05, 3.63) is 0 Å². The molecule has 2 atom stereocenters. The molecule has 0 spiro atoms. The molecule has 0 heterocycles. The first-order chi connectivity index (χ1) is 4.64. The van der Waals surface area contributed by atoms with Crippen LogP contribution in [0.2, 0.25) is 0 Å². The molecule has 0 aromatic heterocycles. The molecule has 3 rings (SSSR count). The van der Waals surface area contributed by atoms with Crippen LogP contribution in [-0.2, 0) is 0 Å². The fourth-order valence-electron chi connectivity index (χ4n) is 2.52. The highest BCUT2D eigenvalue weighted by Gasteiger charge is 2.57. The number of hydrogen-bond donors (Lipinski definition) is 1. The van der Waals surface area contributed by atoms with Crippen molar-refractivity contribution in [2.45, 2.75) is 38.4 Å². The maximum absolute atomic E-state index is 12.9. The van der Waals surface area contributed by atoms with Crippen molar-refractivity contribution in [3.8, 4) is 0 Å². The molecular weight excluding hydrogens is 129 g/mol. The van der Waals surface area contributed by atoms with Crippen LogP contribution in [0.15, 0.2) is 0 Å². The summed E-state index contributed by atoms with van der Waals surface area (Å²) in [6.45, 7) is 2.01. The van der Waals surface area contributed by atoms with Crippen molar-refractivity contribution in [2.24, 2.45) is 17.1 Å². The Morgan fingerprint density at radius 3 is 2.30 bits per heavy atom. The third-order valence-corrected chi connectivity index (χ3v) is 3.42. The molecule has 0 aromatic carbocycles. The second-order valence-corrected chi connectivity index (χ2v) is 4.04. The summed E-state index contributed by atoms with van der Waals surface area (Å²) in [4.78, 5) is 0. The Kier molecular flexibility index (Phi) is 1.14. The van der Waals surface area contributed by atoms with E-state index in [2.05, 4.69) is 0 Å². The van der Waals surface area contributed by atoms with E-state index in [1.165, 1.54) is 0 Å². The minimum absolute atomic E-state index is 0.199. The summed E-state index contributed by atoms with van der Waals surface area (Å²) in [7, 11) is 0. The summed E-state index contributed by atoms with van der Waals surface area (Å²) in [6.07, 6.45) is 2.29. The highest BCUT2D eigenvalue weighted by molar-refractivity contribution is 5.09. The Balaban J connectivity index is 2.11. The number of alkyl halides is 1. The molecule has 0 amide bonds. The fourth-order valence-corrected chi connectivity index (χ4v) is 2.52.